The molecule has 8 rings (SSSR count). The molecule has 0 spiro atoms. The van der Waals surface area contributed by atoms with Crippen LogP contribution in [0.15, 0.2) is 157 Å². The molecule has 40 heavy (non-hydrogen) atoms. The maximum atomic E-state index is 9.41. The lowest BCUT2D eigenvalue weighted by Crippen LogP contribution is -1.91. The lowest BCUT2D eigenvalue weighted by atomic mass is 9.84. The zero-order valence-corrected chi connectivity index (χ0v) is 21.1. The highest BCUT2D eigenvalue weighted by Crippen LogP contribution is 2.45. The molecule has 0 saturated carbocycles. The predicted molar refractivity (Wildman–Crippen MR) is 173 cm³/mol. The number of benzene rings is 8. The Morgan fingerprint density at radius 2 is 0.750 bits per heavy atom. The number of rotatable bonds is 3. The van der Waals surface area contributed by atoms with Gasteiger partial charge in [0.2, 0.25) is 0 Å². The summed E-state index contributed by atoms with van der Waals surface area (Å²) in [5.41, 5.74) is 0.530. The average Bonchev–Trinajstić information content (AvgIpc) is 3.16. The van der Waals surface area contributed by atoms with E-state index >= 15 is 0 Å². The van der Waals surface area contributed by atoms with Gasteiger partial charge in [0.15, 0.2) is 0 Å². The van der Waals surface area contributed by atoms with Gasteiger partial charge in [-0.3, -0.25) is 0 Å². The van der Waals surface area contributed by atoms with Gasteiger partial charge >= 0.3 is 0 Å². The third-order valence-electron chi connectivity index (χ3n) is 7.37. The van der Waals surface area contributed by atoms with Crippen molar-refractivity contribution in [1.82, 2.24) is 0 Å². The molecule has 0 saturated heterocycles. The lowest BCUT2D eigenvalue weighted by Gasteiger charge is -2.19. The molecule has 0 aliphatic rings. The average molecular weight is 519 g/mol. The van der Waals surface area contributed by atoms with E-state index in [1.165, 1.54) is 0 Å². The van der Waals surface area contributed by atoms with E-state index in [0.29, 0.717) is 21.9 Å². The van der Waals surface area contributed by atoms with E-state index in [-0.39, 0.29) is 43.8 Å². The van der Waals surface area contributed by atoms with Crippen LogP contribution in [0.3, 0.4) is 0 Å². The maximum absolute atomic E-state index is 9.41. The fourth-order valence-electron chi connectivity index (χ4n) is 5.60. The summed E-state index contributed by atoms with van der Waals surface area (Å²) in [5, 5.41) is 2.51. The Morgan fingerprint density at radius 3 is 1.32 bits per heavy atom. The van der Waals surface area contributed by atoms with Crippen LogP contribution in [0.25, 0.3) is 76.5 Å². The number of hydrogen-bond donors (Lipinski definition) is 0. The molecule has 0 radical (unpaired) electrons. The van der Waals surface area contributed by atoms with Crippen molar-refractivity contribution in [3.63, 3.8) is 0 Å². The molecule has 0 heterocycles. The molecule has 0 aromatic heterocycles. The van der Waals surface area contributed by atoms with Crippen molar-refractivity contribution < 1.29 is 16.4 Å². The monoisotopic (exact) mass is 518 g/mol. The van der Waals surface area contributed by atoms with E-state index < -0.39 is 72.5 Å². The van der Waals surface area contributed by atoms with E-state index in [4.69, 9.17) is 5.48 Å². The molecule has 0 heteroatoms. The van der Waals surface area contributed by atoms with Crippen molar-refractivity contribution >= 4 is 43.1 Å². The molecule has 0 N–H and O–H groups in total. The second-order valence-electron chi connectivity index (χ2n) is 9.55. The second kappa shape index (κ2) is 9.22. The smallest absolute Gasteiger partial charge is 0.0616 e. The Morgan fingerprint density at radius 1 is 0.325 bits per heavy atom. The van der Waals surface area contributed by atoms with Crippen molar-refractivity contribution in [3.05, 3.63) is 157 Å². The molecule has 0 aliphatic carbocycles. The third kappa shape index (κ3) is 3.54. The Labute approximate surface area is 250 Å². The van der Waals surface area contributed by atoms with Crippen molar-refractivity contribution in [3.8, 4) is 33.4 Å². The first-order valence-electron chi connectivity index (χ1n) is 18.9. The lowest BCUT2D eigenvalue weighted by molar-refractivity contribution is 1.63. The molecule has 0 unspecified atom stereocenters. The normalized spacial score (nSPS) is 15.7. The standard InChI is InChI=1S/C40H26/c1-3-15-31-27(11-1)13-9-21-32(31)29-23-25-30(26-24-29)39-35-17-5-7-19-37(35)40(38-20-8-6-18-36(38)39)34-22-10-14-28-12-2-4-16-33(28)34/h1-26H/i5D,6D,7D,8D,17D,18D,19D,20D,23D,24D,25D,26D. The zero-order valence-electron chi connectivity index (χ0n) is 33.1. The molecule has 8 aromatic rings. The van der Waals surface area contributed by atoms with Gasteiger partial charge in [0.25, 0.3) is 0 Å². The highest BCUT2D eigenvalue weighted by molar-refractivity contribution is 6.23. The van der Waals surface area contributed by atoms with Crippen LogP contribution in [0.1, 0.15) is 16.4 Å². The Balaban J connectivity index is 1.66. The molecule has 0 fully saturated rings. The Bertz CT molecular complexity index is 2760. The van der Waals surface area contributed by atoms with Crippen LogP contribution in [0.5, 0.6) is 0 Å². The quantitative estimate of drug-likeness (QED) is 0.204. The molecular formula is C40H26. The van der Waals surface area contributed by atoms with Crippen molar-refractivity contribution in [2.75, 3.05) is 0 Å². The Kier molecular flexibility index (Phi) is 3.17. The Hall–Kier alpha value is -5.20. The molecule has 0 amide bonds. The van der Waals surface area contributed by atoms with Gasteiger partial charge in [-0.1, -0.05) is 157 Å². The summed E-state index contributed by atoms with van der Waals surface area (Å²) in [5.74, 6) is 0. The van der Waals surface area contributed by atoms with E-state index in [2.05, 4.69) is 0 Å². The molecule has 0 nitrogen and oxygen atoms in total. The first kappa shape index (κ1) is 13.7. The highest BCUT2D eigenvalue weighted by atomic mass is 14.2. The van der Waals surface area contributed by atoms with Crippen molar-refractivity contribution in [1.29, 1.82) is 0 Å². The van der Waals surface area contributed by atoms with Crippen LogP contribution >= 0.6 is 0 Å². The molecule has 0 bridgehead atoms. The SMILES string of the molecule is [2H]c1c([2H])c(-c2c3c([2H])c([2H])c([2H])c([2H])c3c(-c3cccc4ccccc34)c3c([2H])c([2H])c([2H])c([2H])c23)c([2H])c([2H])c1-c1cccc2ccccc12. The van der Waals surface area contributed by atoms with Gasteiger partial charge in [-0.2, -0.15) is 0 Å². The summed E-state index contributed by atoms with van der Waals surface area (Å²) in [4.78, 5) is 0. The minimum Gasteiger partial charge on any atom is -0.0616 e. The van der Waals surface area contributed by atoms with E-state index in [1.54, 1.807) is 30.3 Å². The minimum absolute atomic E-state index is 0.0281. The van der Waals surface area contributed by atoms with E-state index in [9.17, 15) is 11.0 Å². The molecule has 0 aliphatic heterocycles. The maximum Gasteiger partial charge on any atom is 0.0629 e. The second-order valence-corrected chi connectivity index (χ2v) is 9.55. The van der Waals surface area contributed by atoms with Crippen LogP contribution in [0.4, 0.5) is 0 Å². The minimum atomic E-state index is -0.620. The number of fused-ring (bicyclic) bond motifs is 4. The van der Waals surface area contributed by atoms with Crippen LogP contribution in [0.2, 0.25) is 0 Å². The van der Waals surface area contributed by atoms with Gasteiger partial charge in [0.05, 0.1) is 16.4 Å². The van der Waals surface area contributed by atoms with Crippen molar-refractivity contribution in [2.24, 2.45) is 0 Å². The molecule has 8 aromatic carbocycles. The summed E-state index contributed by atoms with van der Waals surface area (Å²) in [6.07, 6.45) is 0. The molecule has 186 valence electrons. The van der Waals surface area contributed by atoms with Gasteiger partial charge < -0.3 is 0 Å². The van der Waals surface area contributed by atoms with Crippen LogP contribution < -0.4 is 0 Å². The topological polar surface area (TPSA) is 0 Å². The van der Waals surface area contributed by atoms with Crippen molar-refractivity contribution in [2.45, 2.75) is 0 Å². The van der Waals surface area contributed by atoms with Crippen LogP contribution in [0, 0.1) is 0 Å². The summed E-state index contributed by atoms with van der Waals surface area (Å²) in [6, 6.07) is 19.1. The third-order valence-corrected chi connectivity index (χ3v) is 7.37. The first-order valence-corrected chi connectivity index (χ1v) is 12.9. The van der Waals surface area contributed by atoms with Gasteiger partial charge in [0, 0.05) is 0 Å². The van der Waals surface area contributed by atoms with Crippen LogP contribution in [-0.2, 0) is 0 Å². The molecule has 0 atom stereocenters. The summed E-state index contributed by atoms with van der Waals surface area (Å²) >= 11 is 0. The summed E-state index contributed by atoms with van der Waals surface area (Å²) < 4.78 is 109. The van der Waals surface area contributed by atoms with E-state index in [0.717, 1.165) is 10.8 Å². The largest absolute Gasteiger partial charge is 0.0629 e. The van der Waals surface area contributed by atoms with E-state index in [1.807, 2.05) is 54.6 Å². The number of hydrogen-bond acceptors (Lipinski definition) is 0. The van der Waals surface area contributed by atoms with Gasteiger partial charge in [-0.05, 0) is 76.5 Å². The predicted octanol–water partition coefficient (Wildman–Crippen LogP) is 11.3. The fraction of sp³-hybridized carbons (Fsp3) is 0. The van der Waals surface area contributed by atoms with Gasteiger partial charge in [-0.15, -0.1) is 0 Å². The van der Waals surface area contributed by atoms with Gasteiger partial charge in [-0.25, -0.2) is 0 Å². The zero-order chi connectivity index (χ0) is 36.9. The fourth-order valence-corrected chi connectivity index (χ4v) is 5.60. The van der Waals surface area contributed by atoms with Gasteiger partial charge in [0.1, 0.15) is 0 Å². The highest BCUT2D eigenvalue weighted by Gasteiger charge is 2.17. The first-order chi connectivity index (χ1) is 24.9. The summed E-state index contributed by atoms with van der Waals surface area (Å²) in [6.45, 7) is 0. The van der Waals surface area contributed by atoms with Crippen LogP contribution in [-0.4, -0.2) is 0 Å². The summed E-state index contributed by atoms with van der Waals surface area (Å²) in [7, 11) is 0. The molecular weight excluding hydrogens is 480 g/mol.